The van der Waals surface area contributed by atoms with E-state index in [1.165, 1.54) is 16.7 Å². The van der Waals surface area contributed by atoms with Crippen LogP contribution in [-0.4, -0.2) is 19.6 Å². The van der Waals surface area contributed by atoms with Crippen molar-refractivity contribution in [2.75, 3.05) is 0 Å². The third kappa shape index (κ3) is 9.81. The average molecular weight is 948 g/mol. The number of pyridine rings is 1. The molecule has 1 N–H and O–H groups in total. The van der Waals surface area contributed by atoms with Crippen molar-refractivity contribution in [1.29, 1.82) is 0 Å². The maximum absolute atomic E-state index is 12.9. The third-order valence-corrected chi connectivity index (χ3v) is 14.3. The molecule has 0 saturated heterocycles. The molecule has 2 heterocycles. The van der Waals surface area contributed by atoms with Gasteiger partial charge in [0, 0.05) is 34.0 Å². The van der Waals surface area contributed by atoms with Crippen LogP contribution < -0.4 is 0 Å². The Labute approximate surface area is 429 Å². The number of phenols is 1. The van der Waals surface area contributed by atoms with E-state index in [1.807, 2.05) is 6.20 Å². The third-order valence-electron chi connectivity index (χ3n) is 14.3. The first-order chi connectivity index (χ1) is 33.8. The van der Waals surface area contributed by atoms with Gasteiger partial charge in [-0.25, -0.2) is 4.98 Å². The van der Waals surface area contributed by atoms with Crippen molar-refractivity contribution < 1.29 is 5.11 Å². The van der Waals surface area contributed by atoms with E-state index in [-0.39, 0.29) is 32.8 Å². The first-order valence-corrected chi connectivity index (χ1v) is 25.7. The number of phenolic OH excluding ortho intramolecular Hbond substituents is 1. The fourth-order valence-corrected chi connectivity index (χ4v) is 9.83. The highest BCUT2D eigenvalue weighted by Crippen LogP contribution is 2.48. The summed E-state index contributed by atoms with van der Waals surface area (Å²) in [6.07, 6.45) is 1.93. The fraction of sp³-hybridized carbons (Fsp3) is 0.294. The van der Waals surface area contributed by atoms with Gasteiger partial charge in [0.05, 0.1) is 28.0 Å². The van der Waals surface area contributed by atoms with Crippen LogP contribution in [0.3, 0.4) is 0 Å². The molecule has 9 rings (SSSR count). The van der Waals surface area contributed by atoms with Crippen LogP contribution in [0.15, 0.2) is 164 Å². The number of aromatic nitrogens is 3. The van der Waals surface area contributed by atoms with Gasteiger partial charge in [0.1, 0.15) is 11.6 Å². The van der Waals surface area contributed by atoms with Gasteiger partial charge in [0.15, 0.2) is 0 Å². The lowest BCUT2D eigenvalue weighted by atomic mass is 9.78. The minimum Gasteiger partial charge on any atom is -0.507 e. The summed E-state index contributed by atoms with van der Waals surface area (Å²) < 4.78 is 2.36. The molecular formula is C68H73N3O. The quantitative estimate of drug-likeness (QED) is 0.173. The van der Waals surface area contributed by atoms with Gasteiger partial charge in [0.25, 0.3) is 0 Å². The maximum atomic E-state index is 12.9. The molecular weight excluding hydrogens is 875 g/mol. The lowest BCUT2D eigenvalue weighted by molar-refractivity contribution is 0.446. The second-order valence-corrected chi connectivity index (χ2v) is 25.1. The number of hydrogen-bond donors (Lipinski definition) is 1. The molecule has 0 atom stereocenters. The largest absolute Gasteiger partial charge is 0.507 e. The molecule has 0 bridgehead atoms. The first kappa shape index (κ1) is 49.9. The van der Waals surface area contributed by atoms with Gasteiger partial charge < -0.3 is 5.11 Å². The Morgan fingerprint density at radius 1 is 0.375 bits per heavy atom. The zero-order valence-electron chi connectivity index (χ0n) is 45.4. The molecule has 72 heavy (non-hydrogen) atoms. The number of hydrogen-bond acceptors (Lipinski definition) is 3. The minimum atomic E-state index is -0.355. The van der Waals surface area contributed by atoms with Crippen LogP contribution in [0.1, 0.15) is 132 Å². The Bertz CT molecular complexity index is 3390. The predicted molar refractivity (Wildman–Crippen MR) is 307 cm³/mol. The number of benzene rings is 7. The Hall–Kier alpha value is -7.04. The summed E-state index contributed by atoms with van der Waals surface area (Å²) in [7, 11) is 0. The van der Waals surface area contributed by atoms with Crippen molar-refractivity contribution >= 4 is 11.0 Å². The molecule has 7 aromatic carbocycles. The second-order valence-electron chi connectivity index (χ2n) is 25.1. The standard InChI is InChI=1S/C68H73N3O/c1-64(2,3)49-31-29-43(30-32-49)46-33-34-69-58(38-46)48-35-47(36-50(37-48)65(4,5)6)53-27-22-28-59-60(53)70-63(56-41-52(67(10,11)12)42-57(62(56)72)68(13,14)15)71(59)61-54(44-23-18-16-19-24-44)39-51(66(7,8)9)40-55(61)45-25-20-17-21-26-45/h16-42,72H,1-15H3. The summed E-state index contributed by atoms with van der Waals surface area (Å²) in [5.41, 5.74) is 19.1. The van der Waals surface area contributed by atoms with Crippen molar-refractivity contribution in [3.8, 4) is 78.6 Å². The summed E-state index contributed by atoms with van der Waals surface area (Å²) in [6.45, 7) is 33.7. The zero-order chi connectivity index (χ0) is 51.7. The predicted octanol–water partition coefficient (Wildman–Crippen LogP) is 18.6. The molecule has 4 heteroatoms. The molecule has 0 spiro atoms. The Morgan fingerprint density at radius 3 is 1.43 bits per heavy atom. The molecule has 2 aromatic heterocycles. The smallest absolute Gasteiger partial charge is 0.149 e. The van der Waals surface area contributed by atoms with Crippen LogP contribution in [0.4, 0.5) is 0 Å². The Balaban J connectivity index is 1.39. The van der Waals surface area contributed by atoms with Crippen LogP contribution in [0.5, 0.6) is 5.75 Å². The molecule has 366 valence electrons. The van der Waals surface area contributed by atoms with Crippen LogP contribution in [0.25, 0.3) is 83.9 Å². The van der Waals surface area contributed by atoms with Gasteiger partial charge in [-0.1, -0.05) is 213 Å². The van der Waals surface area contributed by atoms with E-state index in [2.05, 4.69) is 266 Å². The lowest BCUT2D eigenvalue weighted by Crippen LogP contribution is -2.17. The van der Waals surface area contributed by atoms with Crippen LogP contribution in [0, 0.1) is 0 Å². The van der Waals surface area contributed by atoms with E-state index in [4.69, 9.17) is 9.97 Å². The van der Waals surface area contributed by atoms with E-state index >= 15 is 0 Å². The molecule has 0 aliphatic heterocycles. The summed E-state index contributed by atoms with van der Waals surface area (Å²) in [6, 6.07) is 57.4. The van der Waals surface area contributed by atoms with Gasteiger partial charge in [0.2, 0.25) is 0 Å². The average Bonchev–Trinajstić information content (AvgIpc) is 3.72. The number of rotatable bonds is 7. The highest BCUT2D eigenvalue weighted by molar-refractivity contribution is 6.00. The molecule has 0 aliphatic carbocycles. The number of fused-ring (bicyclic) bond motifs is 1. The number of aromatic hydroxyl groups is 1. The van der Waals surface area contributed by atoms with Crippen LogP contribution in [-0.2, 0) is 27.1 Å². The van der Waals surface area contributed by atoms with E-state index in [1.54, 1.807) is 0 Å². The summed E-state index contributed by atoms with van der Waals surface area (Å²) in [5, 5.41) is 12.9. The maximum Gasteiger partial charge on any atom is 0.149 e. The monoisotopic (exact) mass is 948 g/mol. The molecule has 4 nitrogen and oxygen atoms in total. The molecule has 0 unspecified atom stereocenters. The minimum absolute atomic E-state index is 0.0721. The topological polar surface area (TPSA) is 50.9 Å². The molecule has 0 aliphatic rings. The summed E-state index contributed by atoms with van der Waals surface area (Å²) in [4.78, 5) is 10.9. The van der Waals surface area contributed by atoms with Crippen molar-refractivity contribution in [2.24, 2.45) is 0 Å². The zero-order valence-corrected chi connectivity index (χ0v) is 45.4. The Morgan fingerprint density at radius 2 is 0.889 bits per heavy atom. The van der Waals surface area contributed by atoms with Gasteiger partial charge in [-0.2, -0.15) is 0 Å². The number of para-hydroxylation sites is 1. The lowest BCUT2D eigenvalue weighted by Gasteiger charge is -2.28. The van der Waals surface area contributed by atoms with E-state index in [9.17, 15) is 5.11 Å². The second kappa shape index (κ2) is 18.2. The van der Waals surface area contributed by atoms with E-state index in [0.717, 1.165) is 83.6 Å². The number of nitrogens with zero attached hydrogens (tertiary/aromatic N) is 3. The highest BCUT2D eigenvalue weighted by atomic mass is 16.3. The van der Waals surface area contributed by atoms with Crippen molar-refractivity contribution in [3.63, 3.8) is 0 Å². The van der Waals surface area contributed by atoms with Crippen LogP contribution >= 0.6 is 0 Å². The summed E-state index contributed by atoms with van der Waals surface area (Å²) >= 11 is 0. The molecule has 0 fully saturated rings. The van der Waals surface area contributed by atoms with Crippen LogP contribution in [0.2, 0.25) is 0 Å². The summed E-state index contributed by atoms with van der Waals surface area (Å²) in [5.74, 6) is 0.932. The van der Waals surface area contributed by atoms with E-state index in [0.29, 0.717) is 11.4 Å². The highest BCUT2D eigenvalue weighted by Gasteiger charge is 2.31. The van der Waals surface area contributed by atoms with E-state index < -0.39 is 0 Å². The van der Waals surface area contributed by atoms with Crippen molar-refractivity contribution in [2.45, 2.75) is 131 Å². The normalized spacial score (nSPS) is 12.7. The van der Waals surface area contributed by atoms with Crippen molar-refractivity contribution in [1.82, 2.24) is 14.5 Å². The van der Waals surface area contributed by atoms with Gasteiger partial charge in [-0.05, 0) is 126 Å². The van der Waals surface area contributed by atoms with Crippen molar-refractivity contribution in [3.05, 3.63) is 192 Å². The SMILES string of the molecule is CC(C)(C)c1ccc(-c2ccnc(-c3cc(-c4cccc5c4nc(-c4cc(C(C)(C)C)cc(C(C)(C)C)c4O)n5-c4c(-c5ccccc5)cc(C(C)(C)C)cc4-c4ccccc4)cc(C(C)(C)C)c3)c2)cc1. The van der Waals surface area contributed by atoms with Gasteiger partial charge >= 0.3 is 0 Å². The molecule has 0 radical (unpaired) electrons. The van der Waals surface area contributed by atoms with Gasteiger partial charge in [-0.3, -0.25) is 9.55 Å². The Kier molecular flexibility index (Phi) is 12.6. The molecule has 9 aromatic rings. The first-order valence-electron chi connectivity index (χ1n) is 25.7. The fourth-order valence-electron chi connectivity index (χ4n) is 9.83. The van der Waals surface area contributed by atoms with Gasteiger partial charge in [-0.15, -0.1) is 0 Å². The molecule has 0 amide bonds. The molecule has 0 saturated carbocycles. The number of imidazole rings is 1.